The number of halogens is 3. The van der Waals surface area contributed by atoms with Crippen LogP contribution in [0.2, 0.25) is 10.0 Å². The Morgan fingerprint density at radius 2 is 1.88 bits per heavy atom. The number of benzene rings is 2. The summed E-state index contributed by atoms with van der Waals surface area (Å²) in [6, 6.07) is 11.7. The van der Waals surface area contributed by atoms with E-state index in [-0.39, 0.29) is 24.0 Å². The molecule has 0 saturated carbocycles. The predicted octanol–water partition coefficient (Wildman–Crippen LogP) is 4.97. The van der Waals surface area contributed by atoms with Crippen LogP contribution in [-0.4, -0.2) is 47.0 Å². The third-order valence-electron chi connectivity index (χ3n) is 5.45. The van der Waals surface area contributed by atoms with Crippen molar-refractivity contribution in [1.29, 1.82) is 0 Å². The SMILES string of the molecule is Cc1onc(C(=O)N2CCN(Cc3ccc(Cl)c(Cl)c3)CC2)c1COc1ccccc1F. The first-order valence-electron chi connectivity index (χ1n) is 10.2. The molecule has 168 valence electrons. The number of hydrogen-bond donors (Lipinski definition) is 0. The van der Waals surface area contributed by atoms with Crippen molar-refractivity contribution in [2.24, 2.45) is 0 Å². The highest BCUT2D eigenvalue weighted by molar-refractivity contribution is 6.42. The molecule has 1 amide bonds. The average Bonchev–Trinajstić information content (AvgIpc) is 3.16. The standard InChI is InChI=1S/C23H22Cl2FN3O3/c1-15-17(14-31-21-5-3-2-4-20(21)26)22(27-32-15)23(30)29-10-8-28(9-11-29)13-16-6-7-18(24)19(25)12-16/h2-7,12H,8-11,13-14H2,1H3. The molecule has 1 aliphatic heterocycles. The smallest absolute Gasteiger partial charge is 0.276 e. The zero-order chi connectivity index (χ0) is 22.7. The van der Waals surface area contributed by atoms with Gasteiger partial charge in [-0.3, -0.25) is 9.69 Å². The minimum Gasteiger partial charge on any atom is -0.486 e. The van der Waals surface area contributed by atoms with Gasteiger partial charge in [0.2, 0.25) is 0 Å². The van der Waals surface area contributed by atoms with Gasteiger partial charge in [-0.05, 0) is 36.8 Å². The lowest BCUT2D eigenvalue weighted by molar-refractivity contribution is 0.0616. The number of hydrogen-bond acceptors (Lipinski definition) is 5. The number of aryl methyl sites for hydroxylation is 1. The second-order valence-electron chi connectivity index (χ2n) is 7.60. The van der Waals surface area contributed by atoms with Gasteiger partial charge >= 0.3 is 0 Å². The molecule has 0 spiro atoms. The first-order chi connectivity index (χ1) is 15.4. The van der Waals surface area contributed by atoms with Crippen molar-refractivity contribution >= 4 is 29.1 Å². The topological polar surface area (TPSA) is 58.8 Å². The first kappa shape index (κ1) is 22.6. The molecule has 0 atom stereocenters. The van der Waals surface area contributed by atoms with Crippen LogP contribution < -0.4 is 4.74 Å². The Labute approximate surface area is 195 Å². The molecule has 3 aromatic rings. The summed E-state index contributed by atoms with van der Waals surface area (Å²) >= 11 is 12.1. The lowest BCUT2D eigenvalue weighted by Crippen LogP contribution is -2.48. The number of para-hydroxylation sites is 1. The van der Waals surface area contributed by atoms with Gasteiger partial charge in [-0.1, -0.05) is 46.6 Å². The maximum atomic E-state index is 13.8. The Morgan fingerprint density at radius 1 is 1.12 bits per heavy atom. The molecule has 1 fully saturated rings. The van der Waals surface area contributed by atoms with E-state index >= 15 is 0 Å². The van der Waals surface area contributed by atoms with Gasteiger partial charge in [-0.2, -0.15) is 0 Å². The normalized spacial score (nSPS) is 14.6. The monoisotopic (exact) mass is 477 g/mol. The second-order valence-corrected chi connectivity index (χ2v) is 8.42. The summed E-state index contributed by atoms with van der Waals surface area (Å²) in [4.78, 5) is 17.1. The van der Waals surface area contributed by atoms with Gasteiger partial charge in [0.25, 0.3) is 5.91 Å². The average molecular weight is 478 g/mol. The van der Waals surface area contributed by atoms with E-state index in [9.17, 15) is 9.18 Å². The Bertz CT molecular complexity index is 1110. The van der Waals surface area contributed by atoms with Crippen LogP contribution in [0.5, 0.6) is 5.75 Å². The van der Waals surface area contributed by atoms with Crippen LogP contribution in [0.3, 0.4) is 0 Å². The van der Waals surface area contributed by atoms with Crippen LogP contribution in [0.4, 0.5) is 4.39 Å². The number of aromatic nitrogens is 1. The van der Waals surface area contributed by atoms with E-state index in [0.29, 0.717) is 47.5 Å². The molecular formula is C23H22Cl2FN3O3. The van der Waals surface area contributed by atoms with Crippen molar-refractivity contribution in [3.63, 3.8) is 0 Å². The highest BCUT2D eigenvalue weighted by Gasteiger charge is 2.28. The Hall–Kier alpha value is -2.61. The van der Waals surface area contributed by atoms with Gasteiger partial charge in [0.05, 0.1) is 15.6 Å². The Morgan fingerprint density at radius 3 is 2.59 bits per heavy atom. The molecule has 1 aliphatic rings. The number of amides is 1. The van der Waals surface area contributed by atoms with Gasteiger partial charge in [-0.25, -0.2) is 4.39 Å². The van der Waals surface area contributed by atoms with Crippen LogP contribution >= 0.6 is 23.2 Å². The zero-order valence-corrected chi connectivity index (χ0v) is 19.0. The van der Waals surface area contributed by atoms with Crippen LogP contribution in [0.1, 0.15) is 27.4 Å². The minimum atomic E-state index is -0.465. The van der Waals surface area contributed by atoms with Gasteiger partial charge in [0.15, 0.2) is 17.3 Å². The molecule has 0 aliphatic carbocycles. The van der Waals surface area contributed by atoms with Crippen molar-refractivity contribution in [1.82, 2.24) is 15.0 Å². The van der Waals surface area contributed by atoms with Crippen LogP contribution in [0.15, 0.2) is 47.0 Å². The fourth-order valence-corrected chi connectivity index (χ4v) is 3.92. The number of nitrogens with zero attached hydrogens (tertiary/aromatic N) is 3. The highest BCUT2D eigenvalue weighted by Crippen LogP contribution is 2.24. The molecule has 0 unspecified atom stereocenters. The number of piperazine rings is 1. The third-order valence-corrected chi connectivity index (χ3v) is 6.18. The van der Waals surface area contributed by atoms with Gasteiger partial charge in [0, 0.05) is 32.7 Å². The van der Waals surface area contributed by atoms with Crippen molar-refractivity contribution in [2.45, 2.75) is 20.1 Å². The maximum absolute atomic E-state index is 13.8. The third kappa shape index (κ3) is 5.06. The molecule has 4 rings (SSSR count). The molecule has 9 heteroatoms. The molecule has 0 N–H and O–H groups in total. The molecule has 1 saturated heterocycles. The Balaban J connectivity index is 1.37. The maximum Gasteiger partial charge on any atom is 0.276 e. The van der Waals surface area contributed by atoms with Crippen molar-refractivity contribution < 1.29 is 18.4 Å². The van der Waals surface area contributed by atoms with Crippen molar-refractivity contribution in [2.75, 3.05) is 26.2 Å². The summed E-state index contributed by atoms with van der Waals surface area (Å²) in [5, 5.41) is 5.01. The fraction of sp³-hybridized carbons (Fsp3) is 0.304. The van der Waals surface area contributed by atoms with E-state index in [0.717, 1.165) is 12.1 Å². The van der Waals surface area contributed by atoms with Crippen molar-refractivity contribution in [3.05, 3.63) is 80.9 Å². The summed E-state index contributed by atoms with van der Waals surface area (Å²) < 4.78 is 24.7. The van der Waals surface area contributed by atoms with Crippen LogP contribution in [-0.2, 0) is 13.2 Å². The molecule has 32 heavy (non-hydrogen) atoms. The highest BCUT2D eigenvalue weighted by atomic mass is 35.5. The van der Waals surface area contributed by atoms with E-state index in [4.69, 9.17) is 32.5 Å². The number of carbonyl (C=O) groups is 1. The fourth-order valence-electron chi connectivity index (χ4n) is 3.60. The van der Waals surface area contributed by atoms with Gasteiger partial charge in [-0.15, -0.1) is 0 Å². The molecular weight excluding hydrogens is 456 g/mol. The van der Waals surface area contributed by atoms with E-state index in [2.05, 4.69) is 10.1 Å². The minimum absolute atomic E-state index is 0.00533. The van der Waals surface area contributed by atoms with Gasteiger partial charge in [0.1, 0.15) is 12.4 Å². The summed E-state index contributed by atoms with van der Waals surface area (Å²) in [5.41, 5.74) is 1.80. The molecule has 2 heterocycles. The lowest BCUT2D eigenvalue weighted by Gasteiger charge is -2.34. The number of rotatable bonds is 6. The van der Waals surface area contributed by atoms with Crippen LogP contribution in [0.25, 0.3) is 0 Å². The summed E-state index contributed by atoms with van der Waals surface area (Å²) in [6.07, 6.45) is 0. The Kier molecular flexibility index (Phi) is 6.98. The molecule has 2 aromatic carbocycles. The lowest BCUT2D eigenvalue weighted by atomic mass is 10.1. The molecule has 6 nitrogen and oxygen atoms in total. The van der Waals surface area contributed by atoms with E-state index in [1.807, 2.05) is 12.1 Å². The van der Waals surface area contributed by atoms with Crippen molar-refractivity contribution in [3.8, 4) is 5.75 Å². The molecule has 0 bridgehead atoms. The largest absolute Gasteiger partial charge is 0.486 e. The summed E-state index contributed by atoms with van der Waals surface area (Å²) in [7, 11) is 0. The van der Waals surface area contributed by atoms with E-state index in [1.165, 1.54) is 12.1 Å². The second kappa shape index (κ2) is 9.90. The molecule has 1 aromatic heterocycles. The zero-order valence-electron chi connectivity index (χ0n) is 17.5. The van der Waals surface area contributed by atoms with E-state index < -0.39 is 5.82 Å². The summed E-state index contributed by atoms with van der Waals surface area (Å²) in [5.74, 6) is -0.0962. The van der Waals surface area contributed by atoms with Gasteiger partial charge < -0.3 is 14.2 Å². The predicted molar refractivity (Wildman–Crippen MR) is 120 cm³/mol. The summed E-state index contributed by atoms with van der Waals surface area (Å²) in [6.45, 7) is 4.96. The first-order valence-corrected chi connectivity index (χ1v) is 11.0. The molecule has 0 radical (unpaired) electrons. The number of carbonyl (C=O) groups excluding carboxylic acids is 1. The van der Waals surface area contributed by atoms with Crippen LogP contribution in [0, 0.1) is 12.7 Å². The number of ether oxygens (including phenoxy) is 1. The quantitative estimate of drug-likeness (QED) is 0.501. The van der Waals surface area contributed by atoms with E-state index in [1.54, 1.807) is 30.0 Å².